The first-order valence-electron chi connectivity index (χ1n) is 6.59. The summed E-state index contributed by atoms with van der Waals surface area (Å²) in [5.74, 6) is 0.784. The number of hydrogen-bond acceptors (Lipinski definition) is 1. The van der Waals surface area contributed by atoms with Crippen LogP contribution >= 0.6 is 23.2 Å². The Hall–Kier alpha value is -1.58. The Morgan fingerprint density at radius 2 is 1.90 bits per heavy atom. The summed E-state index contributed by atoms with van der Waals surface area (Å²) in [6.07, 6.45) is 0.601. The lowest BCUT2D eigenvalue weighted by atomic mass is 10.2. The average Bonchev–Trinajstić information content (AvgIpc) is 2.78. The van der Waals surface area contributed by atoms with Gasteiger partial charge in [-0.1, -0.05) is 29.3 Å². The van der Waals surface area contributed by atoms with Crippen LogP contribution in [0.25, 0.3) is 16.7 Å². The Morgan fingerprint density at radius 3 is 2.57 bits per heavy atom. The molecular weight excluding hydrogens is 310 g/mol. The lowest BCUT2D eigenvalue weighted by Gasteiger charge is -2.09. The number of aromatic nitrogens is 2. The largest absolute Gasteiger partial charge is 0.296 e. The Kier molecular flexibility index (Phi) is 3.87. The van der Waals surface area contributed by atoms with Gasteiger partial charge in [-0.25, -0.2) is 9.37 Å². The maximum atomic E-state index is 13.6. The van der Waals surface area contributed by atoms with Crippen molar-refractivity contribution in [3.05, 3.63) is 58.6 Å². The molecule has 3 rings (SSSR count). The number of fused-ring (bicyclic) bond motifs is 1. The van der Waals surface area contributed by atoms with Gasteiger partial charge in [0.2, 0.25) is 0 Å². The van der Waals surface area contributed by atoms with Gasteiger partial charge in [0, 0.05) is 24.1 Å². The Morgan fingerprint density at radius 1 is 1.19 bits per heavy atom. The van der Waals surface area contributed by atoms with Crippen LogP contribution < -0.4 is 0 Å². The zero-order valence-electron chi connectivity index (χ0n) is 11.4. The molecule has 0 N–H and O–H groups in total. The van der Waals surface area contributed by atoms with Crippen LogP contribution in [0, 0.1) is 12.7 Å². The van der Waals surface area contributed by atoms with Crippen LogP contribution in [0.5, 0.6) is 0 Å². The highest BCUT2D eigenvalue weighted by molar-refractivity contribution is 6.31. The van der Waals surface area contributed by atoms with E-state index in [0.29, 0.717) is 17.8 Å². The molecule has 0 aliphatic rings. The lowest BCUT2D eigenvalue weighted by molar-refractivity contribution is 0.630. The van der Waals surface area contributed by atoms with Gasteiger partial charge in [0.25, 0.3) is 0 Å². The Balaban J connectivity index is 2.29. The maximum Gasteiger partial charge on any atom is 0.144 e. The third-order valence-electron chi connectivity index (χ3n) is 3.38. The normalized spacial score (nSPS) is 11.2. The first-order valence-corrected chi connectivity index (χ1v) is 7.51. The van der Waals surface area contributed by atoms with E-state index in [0.717, 1.165) is 17.0 Å². The zero-order valence-corrected chi connectivity index (χ0v) is 12.9. The molecule has 0 saturated carbocycles. The van der Waals surface area contributed by atoms with Crippen LogP contribution in [0.15, 0.2) is 36.4 Å². The number of hydrogen-bond donors (Lipinski definition) is 0. The van der Waals surface area contributed by atoms with Gasteiger partial charge in [-0.3, -0.25) is 4.57 Å². The minimum atomic E-state index is -0.463. The smallest absolute Gasteiger partial charge is 0.144 e. The number of imidazole rings is 1. The molecule has 1 heterocycles. The van der Waals surface area contributed by atoms with E-state index in [1.165, 1.54) is 11.6 Å². The molecule has 3 aromatic rings. The van der Waals surface area contributed by atoms with E-state index in [4.69, 9.17) is 23.2 Å². The third-order valence-corrected chi connectivity index (χ3v) is 3.85. The molecular formula is C16H13Cl2FN2. The average molecular weight is 323 g/mol. The van der Waals surface area contributed by atoms with E-state index < -0.39 is 5.82 Å². The lowest BCUT2D eigenvalue weighted by Crippen LogP contribution is -2.02. The molecule has 21 heavy (non-hydrogen) atoms. The van der Waals surface area contributed by atoms with E-state index in [2.05, 4.69) is 4.98 Å². The van der Waals surface area contributed by atoms with Gasteiger partial charge in [0.05, 0.1) is 16.1 Å². The summed E-state index contributed by atoms with van der Waals surface area (Å²) < 4.78 is 15.6. The second-order valence-corrected chi connectivity index (χ2v) is 5.68. The molecule has 0 unspecified atom stereocenters. The molecule has 0 atom stereocenters. The van der Waals surface area contributed by atoms with Crippen molar-refractivity contribution in [3.63, 3.8) is 0 Å². The summed E-state index contributed by atoms with van der Waals surface area (Å²) in [6, 6.07) is 11.0. The van der Waals surface area contributed by atoms with Gasteiger partial charge < -0.3 is 0 Å². The molecule has 0 radical (unpaired) electrons. The molecule has 0 amide bonds. The first-order chi connectivity index (χ1) is 10.1. The molecule has 2 aromatic carbocycles. The minimum absolute atomic E-state index is 0.0909. The number of nitrogens with zero attached hydrogens (tertiary/aromatic N) is 2. The fourth-order valence-electron chi connectivity index (χ4n) is 2.36. The van der Waals surface area contributed by atoms with E-state index in [1.807, 2.05) is 35.8 Å². The third kappa shape index (κ3) is 2.63. The Labute approximate surface area is 132 Å². The quantitative estimate of drug-likeness (QED) is 0.626. The summed E-state index contributed by atoms with van der Waals surface area (Å²) in [5, 5.41) is 0.0909. The monoisotopic (exact) mass is 322 g/mol. The van der Waals surface area contributed by atoms with Gasteiger partial charge in [0.15, 0.2) is 0 Å². The summed E-state index contributed by atoms with van der Waals surface area (Å²) in [4.78, 5) is 4.48. The van der Waals surface area contributed by atoms with Crippen LogP contribution in [0.3, 0.4) is 0 Å². The molecule has 0 aliphatic carbocycles. The van der Waals surface area contributed by atoms with Crippen LogP contribution in [0.1, 0.15) is 11.4 Å². The van der Waals surface area contributed by atoms with E-state index in [-0.39, 0.29) is 5.02 Å². The zero-order chi connectivity index (χ0) is 15.0. The number of halogens is 3. The second-order valence-electron chi connectivity index (χ2n) is 4.89. The SMILES string of the molecule is Cc1ccc(-n2c(CCCl)nc3cc(F)c(Cl)cc32)cc1. The fourth-order valence-corrected chi connectivity index (χ4v) is 2.68. The molecule has 108 valence electrons. The summed E-state index contributed by atoms with van der Waals surface area (Å²) in [5.41, 5.74) is 3.50. The number of benzene rings is 2. The molecule has 0 fully saturated rings. The maximum absolute atomic E-state index is 13.6. The highest BCUT2D eigenvalue weighted by Gasteiger charge is 2.14. The van der Waals surface area contributed by atoms with Gasteiger partial charge >= 0.3 is 0 Å². The predicted molar refractivity (Wildman–Crippen MR) is 85.2 cm³/mol. The second kappa shape index (κ2) is 5.66. The molecule has 5 heteroatoms. The van der Waals surface area contributed by atoms with Gasteiger partial charge in [-0.15, -0.1) is 11.6 Å². The highest BCUT2D eigenvalue weighted by Crippen LogP contribution is 2.27. The van der Waals surface area contributed by atoms with Crippen molar-refractivity contribution in [2.24, 2.45) is 0 Å². The van der Waals surface area contributed by atoms with Crippen molar-refractivity contribution in [3.8, 4) is 5.69 Å². The Bertz CT molecular complexity index is 794. The van der Waals surface area contributed by atoms with E-state index >= 15 is 0 Å². The van der Waals surface area contributed by atoms with Gasteiger partial charge in [0.1, 0.15) is 11.6 Å². The molecule has 0 aliphatic heterocycles. The molecule has 0 spiro atoms. The molecule has 0 bridgehead atoms. The summed E-state index contributed by atoms with van der Waals surface area (Å²) in [7, 11) is 0. The van der Waals surface area contributed by atoms with E-state index in [9.17, 15) is 4.39 Å². The van der Waals surface area contributed by atoms with Crippen molar-refractivity contribution >= 4 is 34.2 Å². The van der Waals surface area contributed by atoms with Crippen molar-refractivity contribution in [1.29, 1.82) is 0 Å². The molecule has 2 nitrogen and oxygen atoms in total. The van der Waals surface area contributed by atoms with Crippen LogP contribution in [0.2, 0.25) is 5.02 Å². The van der Waals surface area contributed by atoms with Crippen molar-refractivity contribution in [2.45, 2.75) is 13.3 Å². The summed E-state index contributed by atoms with van der Waals surface area (Å²) >= 11 is 11.8. The van der Waals surface area contributed by atoms with Crippen molar-refractivity contribution in [2.75, 3.05) is 5.88 Å². The number of rotatable bonds is 3. The number of aryl methyl sites for hydroxylation is 2. The standard InChI is InChI=1S/C16H13Cl2FN2/c1-10-2-4-11(5-3-10)21-15-8-12(18)13(19)9-14(15)20-16(21)6-7-17/h2-5,8-9H,6-7H2,1H3. The highest BCUT2D eigenvalue weighted by atomic mass is 35.5. The minimum Gasteiger partial charge on any atom is -0.296 e. The summed E-state index contributed by atoms with van der Waals surface area (Å²) in [6.45, 7) is 2.03. The van der Waals surface area contributed by atoms with E-state index in [1.54, 1.807) is 6.07 Å². The van der Waals surface area contributed by atoms with Crippen LogP contribution in [0.4, 0.5) is 4.39 Å². The van der Waals surface area contributed by atoms with Crippen LogP contribution in [-0.2, 0) is 6.42 Å². The predicted octanol–water partition coefficient (Wildman–Crippen LogP) is 4.91. The van der Waals surface area contributed by atoms with Crippen molar-refractivity contribution in [1.82, 2.24) is 9.55 Å². The first kappa shape index (κ1) is 14.4. The van der Waals surface area contributed by atoms with Gasteiger partial charge in [-0.05, 0) is 25.1 Å². The van der Waals surface area contributed by atoms with Gasteiger partial charge in [-0.2, -0.15) is 0 Å². The molecule has 1 aromatic heterocycles. The van der Waals surface area contributed by atoms with Crippen LogP contribution in [-0.4, -0.2) is 15.4 Å². The topological polar surface area (TPSA) is 17.8 Å². The van der Waals surface area contributed by atoms with Crippen molar-refractivity contribution < 1.29 is 4.39 Å². The number of alkyl halides is 1. The fraction of sp³-hybridized carbons (Fsp3) is 0.188. The molecule has 0 saturated heterocycles.